The molecule has 5 heteroatoms. The predicted octanol–water partition coefficient (Wildman–Crippen LogP) is 3.94. The maximum absolute atomic E-state index is 8.81. The van der Waals surface area contributed by atoms with Crippen molar-refractivity contribution >= 4 is 28.7 Å². The van der Waals surface area contributed by atoms with Crippen LogP contribution in [0.4, 0.5) is 17.1 Å². The molecule has 2 aromatic carbocycles. The summed E-state index contributed by atoms with van der Waals surface area (Å²) in [4.78, 5) is 0. The number of halogens is 1. The third-order valence-corrected chi connectivity index (χ3v) is 3.00. The molecule has 0 unspecified atom stereocenters. The summed E-state index contributed by atoms with van der Waals surface area (Å²) in [7, 11) is 0. The number of benzene rings is 2. The van der Waals surface area contributed by atoms with Crippen molar-refractivity contribution in [2.24, 2.45) is 0 Å². The molecule has 102 valence electrons. The van der Waals surface area contributed by atoms with Crippen LogP contribution < -0.4 is 15.8 Å². The minimum Gasteiger partial charge on any atom is -0.492 e. The number of hydrogen-bond acceptors (Lipinski definition) is 4. The van der Waals surface area contributed by atoms with Crippen LogP contribution in [0.1, 0.15) is 12.5 Å². The van der Waals surface area contributed by atoms with Gasteiger partial charge >= 0.3 is 0 Å². The average molecular weight is 288 g/mol. The number of nitrogens with two attached hydrogens (primary N) is 1. The minimum atomic E-state index is 0.485. The molecule has 0 amide bonds. The Bertz CT molecular complexity index is 665. The first-order valence-corrected chi connectivity index (χ1v) is 6.51. The van der Waals surface area contributed by atoms with E-state index in [1.165, 1.54) is 0 Å². The number of ether oxygens (including phenoxy) is 1. The van der Waals surface area contributed by atoms with Crippen LogP contribution in [-0.2, 0) is 0 Å². The van der Waals surface area contributed by atoms with E-state index in [-0.39, 0.29) is 0 Å². The second kappa shape index (κ2) is 6.18. The number of nitrogens with one attached hydrogen (secondary N) is 1. The molecule has 0 radical (unpaired) electrons. The predicted molar refractivity (Wildman–Crippen MR) is 81.5 cm³/mol. The van der Waals surface area contributed by atoms with Crippen molar-refractivity contribution in [1.29, 1.82) is 5.26 Å². The van der Waals surface area contributed by atoms with Gasteiger partial charge in [-0.1, -0.05) is 11.6 Å². The van der Waals surface area contributed by atoms with Gasteiger partial charge in [0.1, 0.15) is 5.75 Å². The van der Waals surface area contributed by atoms with Crippen molar-refractivity contribution in [3.63, 3.8) is 0 Å². The highest BCUT2D eigenvalue weighted by Crippen LogP contribution is 2.30. The van der Waals surface area contributed by atoms with Gasteiger partial charge in [0.15, 0.2) is 0 Å². The zero-order valence-electron chi connectivity index (χ0n) is 11.0. The summed E-state index contributed by atoms with van der Waals surface area (Å²) in [5.74, 6) is 0.627. The number of hydrogen-bond donors (Lipinski definition) is 2. The molecule has 0 aliphatic rings. The van der Waals surface area contributed by atoms with Gasteiger partial charge in [0.25, 0.3) is 0 Å². The molecule has 20 heavy (non-hydrogen) atoms. The van der Waals surface area contributed by atoms with Crippen molar-refractivity contribution < 1.29 is 4.74 Å². The third kappa shape index (κ3) is 3.14. The zero-order chi connectivity index (χ0) is 14.5. The van der Waals surface area contributed by atoms with Gasteiger partial charge in [0.2, 0.25) is 0 Å². The molecule has 3 N–H and O–H groups in total. The van der Waals surface area contributed by atoms with Crippen molar-refractivity contribution in [3.8, 4) is 11.8 Å². The molecule has 0 saturated heterocycles. The summed E-state index contributed by atoms with van der Waals surface area (Å²) in [6.45, 7) is 2.45. The van der Waals surface area contributed by atoms with E-state index in [1.54, 1.807) is 24.3 Å². The minimum absolute atomic E-state index is 0.485. The molecule has 0 aliphatic heterocycles. The largest absolute Gasteiger partial charge is 0.492 e. The average Bonchev–Trinajstić information content (AvgIpc) is 2.45. The Labute approximate surface area is 122 Å². The summed E-state index contributed by atoms with van der Waals surface area (Å²) in [5, 5.41) is 12.5. The third-order valence-electron chi connectivity index (χ3n) is 2.69. The smallest absolute Gasteiger partial charge is 0.144 e. The first-order chi connectivity index (χ1) is 9.63. The summed E-state index contributed by atoms with van der Waals surface area (Å²) in [6.07, 6.45) is 0. The van der Waals surface area contributed by atoms with E-state index < -0.39 is 0 Å². The van der Waals surface area contributed by atoms with E-state index in [4.69, 9.17) is 27.3 Å². The van der Waals surface area contributed by atoms with Crippen LogP contribution in [0.2, 0.25) is 5.02 Å². The molecule has 4 nitrogen and oxygen atoms in total. The molecule has 0 fully saturated rings. The van der Waals surface area contributed by atoms with E-state index in [0.717, 1.165) is 11.4 Å². The number of nitrogen functional groups attached to an aromatic ring is 1. The van der Waals surface area contributed by atoms with Crippen LogP contribution >= 0.6 is 11.6 Å². The van der Waals surface area contributed by atoms with Crippen LogP contribution in [0.25, 0.3) is 0 Å². The van der Waals surface area contributed by atoms with Crippen molar-refractivity contribution in [2.75, 3.05) is 17.7 Å². The Balaban J connectivity index is 2.26. The lowest BCUT2D eigenvalue weighted by Crippen LogP contribution is -1.98. The summed E-state index contributed by atoms with van der Waals surface area (Å²) >= 11 is 6.12. The molecule has 0 aromatic heterocycles. The van der Waals surface area contributed by atoms with Gasteiger partial charge in [0.05, 0.1) is 34.6 Å². The second-order valence-electron chi connectivity index (χ2n) is 4.12. The summed E-state index contributed by atoms with van der Waals surface area (Å²) in [5.41, 5.74) is 8.46. The first-order valence-electron chi connectivity index (χ1n) is 6.13. The molecule has 0 saturated carbocycles. The van der Waals surface area contributed by atoms with Gasteiger partial charge in [-0.25, -0.2) is 0 Å². The van der Waals surface area contributed by atoms with E-state index >= 15 is 0 Å². The summed E-state index contributed by atoms with van der Waals surface area (Å²) < 4.78 is 5.44. The van der Waals surface area contributed by atoms with Crippen LogP contribution in [0, 0.1) is 11.3 Å². The van der Waals surface area contributed by atoms with Gasteiger partial charge in [0, 0.05) is 11.8 Å². The van der Waals surface area contributed by atoms with E-state index in [1.807, 2.05) is 25.1 Å². The van der Waals surface area contributed by atoms with Gasteiger partial charge in [-0.3, -0.25) is 0 Å². The Morgan fingerprint density at radius 1 is 1.30 bits per heavy atom. The van der Waals surface area contributed by atoms with E-state index in [0.29, 0.717) is 28.6 Å². The van der Waals surface area contributed by atoms with Crippen LogP contribution in [0.5, 0.6) is 5.75 Å². The molecule has 2 aromatic rings. The lowest BCUT2D eigenvalue weighted by molar-refractivity contribution is 0.342. The van der Waals surface area contributed by atoms with Gasteiger partial charge < -0.3 is 15.8 Å². The van der Waals surface area contributed by atoms with Crippen LogP contribution in [-0.4, -0.2) is 6.61 Å². The van der Waals surface area contributed by atoms with Gasteiger partial charge in [-0.05, 0) is 37.3 Å². The first kappa shape index (κ1) is 14.0. The number of anilines is 3. The molecule has 0 heterocycles. The molecule has 0 spiro atoms. The maximum Gasteiger partial charge on any atom is 0.144 e. The maximum atomic E-state index is 8.81. The monoisotopic (exact) mass is 287 g/mol. The SMILES string of the molecule is CCOc1cc(Nc2ccc(C#N)cc2Cl)ccc1N. The lowest BCUT2D eigenvalue weighted by Gasteiger charge is -2.12. The van der Waals surface area contributed by atoms with Crippen LogP contribution in [0.3, 0.4) is 0 Å². The highest BCUT2D eigenvalue weighted by Gasteiger charge is 2.05. The molecule has 0 aliphatic carbocycles. The zero-order valence-corrected chi connectivity index (χ0v) is 11.7. The quantitative estimate of drug-likeness (QED) is 0.836. The molecule has 2 rings (SSSR count). The number of nitrogens with zero attached hydrogens (tertiary/aromatic N) is 1. The van der Waals surface area contributed by atoms with Crippen molar-refractivity contribution in [1.82, 2.24) is 0 Å². The van der Waals surface area contributed by atoms with Crippen LogP contribution in [0.15, 0.2) is 36.4 Å². The van der Waals surface area contributed by atoms with Gasteiger partial charge in [-0.15, -0.1) is 0 Å². The normalized spacial score (nSPS) is 9.85. The van der Waals surface area contributed by atoms with E-state index in [2.05, 4.69) is 5.32 Å². The van der Waals surface area contributed by atoms with Crippen molar-refractivity contribution in [2.45, 2.75) is 6.92 Å². The molecule has 0 bridgehead atoms. The Kier molecular flexibility index (Phi) is 4.34. The fourth-order valence-electron chi connectivity index (χ4n) is 1.73. The topological polar surface area (TPSA) is 71.1 Å². The molecular formula is C15H14ClN3O. The molecular weight excluding hydrogens is 274 g/mol. The molecule has 0 atom stereocenters. The van der Waals surface area contributed by atoms with E-state index in [9.17, 15) is 0 Å². The Morgan fingerprint density at radius 3 is 2.75 bits per heavy atom. The van der Waals surface area contributed by atoms with Gasteiger partial charge in [-0.2, -0.15) is 5.26 Å². The fourth-order valence-corrected chi connectivity index (χ4v) is 1.96. The highest BCUT2D eigenvalue weighted by molar-refractivity contribution is 6.33. The van der Waals surface area contributed by atoms with Crippen molar-refractivity contribution in [3.05, 3.63) is 47.0 Å². The highest BCUT2D eigenvalue weighted by atomic mass is 35.5. The fraction of sp³-hybridized carbons (Fsp3) is 0.133. The lowest BCUT2D eigenvalue weighted by atomic mass is 10.2. The standard InChI is InChI=1S/C15H14ClN3O/c1-2-20-15-8-11(4-5-13(15)18)19-14-6-3-10(9-17)7-12(14)16/h3-8,19H,2,18H2,1H3. The summed E-state index contributed by atoms with van der Waals surface area (Å²) in [6, 6.07) is 12.5. The Hall–Kier alpha value is -2.38. The Morgan fingerprint density at radius 2 is 2.10 bits per heavy atom. The number of rotatable bonds is 4. The number of nitriles is 1. The second-order valence-corrected chi connectivity index (χ2v) is 4.52.